The molecule has 2 atom stereocenters. The first-order valence-electron chi connectivity index (χ1n) is 4.77. The van der Waals surface area contributed by atoms with Crippen LogP contribution in [0.15, 0.2) is 0 Å². The standard InChI is InChI=1S/C10H18O3/c1-8(2,3)10-7(12-13-10)11-6-9(10,4)5/h7H,6H2,1-5H3. The molecule has 0 spiro atoms. The monoisotopic (exact) mass is 186 g/mol. The molecule has 2 rings (SSSR count). The van der Waals surface area contributed by atoms with E-state index in [1.165, 1.54) is 0 Å². The van der Waals surface area contributed by atoms with Gasteiger partial charge in [0.2, 0.25) is 6.29 Å². The molecule has 2 aliphatic rings. The Labute approximate surface area is 79.3 Å². The van der Waals surface area contributed by atoms with Gasteiger partial charge in [-0.05, 0) is 5.41 Å². The molecule has 0 saturated carbocycles. The van der Waals surface area contributed by atoms with Gasteiger partial charge in [-0.2, -0.15) is 0 Å². The number of ether oxygens (including phenoxy) is 1. The maximum absolute atomic E-state index is 5.55. The third-order valence-electron chi connectivity index (χ3n) is 3.31. The van der Waals surface area contributed by atoms with Crippen LogP contribution in [0.3, 0.4) is 0 Å². The Morgan fingerprint density at radius 3 is 2.08 bits per heavy atom. The summed E-state index contributed by atoms with van der Waals surface area (Å²) in [5.74, 6) is 0. The van der Waals surface area contributed by atoms with E-state index >= 15 is 0 Å². The van der Waals surface area contributed by atoms with Crippen molar-refractivity contribution < 1.29 is 14.5 Å². The largest absolute Gasteiger partial charge is 0.347 e. The predicted molar refractivity (Wildman–Crippen MR) is 47.9 cm³/mol. The van der Waals surface area contributed by atoms with E-state index < -0.39 is 0 Å². The van der Waals surface area contributed by atoms with E-state index in [4.69, 9.17) is 14.5 Å². The van der Waals surface area contributed by atoms with Crippen molar-refractivity contribution >= 4 is 0 Å². The maximum Gasteiger partial charge on any atom is 0.225 e. The summed E-state index contributed by atoms with van der Waals surface area (Å²) in [5.41, 5.74) is -0.218. The highest BCUT2D eigenvalue weighted by molar-refractivity contribution is 5.10. The molecule has 0 bridgehead atoms. The van der Waals surface area contributed by atoms with Crippen LogP contribution < -0.4 is 0 Å². The number of rotatable bonds is 0. The minimum atomic E-state index is -0.278. The third-order valence-corrected chi connectivity index (χ3v) is 3.31. The summed E-state index contributed by atoms with van der Waals surface area (Å²) < 4.78 is 5.55. The van der Waals surface area contributed by atoms with Crippen LogP contribution in [0, 0.1) is 10.8 Å². The van der Waals surface area contributed by atoms with Gasteiger partial charge in [0, 0.05) is 5.41 Å². The van der Waals surface area contributed by atoms with Crippen LogP contribution in [0.25, 0.3) is 0 Å². The lowest BCUT2D eigenvalue weighted by atomic mass is 9.62. The van der Waals surface area contributed by atoms with Crippen LogP contribution in [-0.2, 0) is 14.5 Å². The Balaban J connectivity index is 2.39. The first-order valence-corrected chi connectivity index (χ1v) is 4.77. The summed E-state index contributed by atoms with van der Waals surface area (Å²) in [7, 11) is 0. The molecule has 2 fully saturated rings. The van der Waals surface area contributed by atoms with Gasteiger partial charge in [0.1, 0.15) is 0 Å². The highest BCUT2D eigenvalue weighted by Gasteiger charge is 2.71. The van der Waals surface area contributed by atoms with Crippen molar-refractivity contribution in [3.63, 3.8) is 0 Å². The molecule has 0 aromatic carbocycles. The van der Waals surface area contributed by atoms with Gasteiger partial charge < -0.3 is 4.74 Å². The summed E-state index contributed by atoms with van der Waals surface area (Å²) in [6, 6.07) is 0. The number of fused-ring (bicyclic) bond motifs is 1. The molecule has 0 amide bonds. The number of hydrogen-bond donors (Lipinski definition) is 0. The molecule has 3 heteroatoms. The van der Waals surface area contributed by atoms with Gasteiger partial charge in [-0.15, -0.1) is 0 Å². The molecule has 0 aliphatic carbocycles. The van der Waals surface area contributed by atoms with Gasteiger partial charge in [-0.1, -0.05) is 34.6 Å². The average molecular weight is 186 g/mol. The van der Waals surface area contributed by atoms with Gasteiger partial charge in [0.05, 0.1) is 6.61 Å². The van der Waals surface area contributed by atoms with Crippen LogP contribution >= 0.6 is 0 Å². The fraction of sp³-hybridized carbons (Fsp3) is 1.00. The molecule has 2 unspecified atom stereocenters. The fourth-order valence-corrected chi connectivity index (χ4v) is 2.65. The van der Waals surface area contributed by atoms with Crippen molar-refractivity contribution in [3.05, 3.63) is 0 Å². The quantitative estimate of drug-likeness (QED) is 0.542. The molecule has 0 radical (unpaired) electrons. The van der Waals surface area contributed by atoms with Crippen molar-refractivity contribution in [2.75, 3.05) is 6.61 Å². The lowest BCUT2D eigenvalue weighted by Crippen LogP contribution is -2.67. The van der Waals surface area contributed by atoms with E-state index in [9.17, 15) is 0 Å². The van der Waals surface area contributed by atoms with Gasteiger partial charge >= 0.3 is 0 Å². The van der Waals surface area contributed by atoms with Crippen LogP contribution in [0.5, 0.6) is 0 Å². The zero-order chi connectivity index (χ0) is 9.91. The Morgan fingerprint density at radius 2 is 1.85 bits per heavy atom. The van der Waals surface area contributed by atoms with Crippen LogP contribution in [-0.4, -0.2) is 18.5 Å². The van der Waals surface area contributed by atoms with E-state index in [1.807, 2.05) is 0 Å². The molecule has 2 heterocycles. The summed E-state index contributed by atoms with van der Waals surface area (Å²) in [6.45, 7) is 11.5. The van der Waals surface area contributed by atoms with E-state index in [-0.39, 0.29) is 22.7 Å². The van der Waals surface area contributed by atoms with Gasteiger partial charge in [0.25, 0.3) is 0 Å². The molecule has 2 aliphatic heterocycles. The third kappa shape index (κ3) is 0.901. The molecule has 0 aromatic rings. The Kier molecular flexibility index (Phi) is 1.65. The highest BCUT2D eigenvalue weighted by atomic mass is 17.3. The van der Waals surface area contributed by atoms with Crippen molar-refractivity contribution in [1.29, 1.82) is 0 Å². The normalized spacial score (nSPS) is 42.7. The minimum absolute atomic E-state index is 0.0220. The van der Waals surface area contributed by atoms with Crippen molar-refractivity contribution in [3.8, 4) is 0 Å². The van der Waals surface area contributed by atoms with Crippen molar-refractivity contribution in [1.82, 2.24) is 0 Å². The Bertz CT molecular complexity index is 229. The SMILES string of the molecule is CC(C)(C)C12OOC1OCC2(C)C. The summed E-state index contributed by atoms with van der Waals surface area (Å²) in [6.07, 6.45) is -0.178. The first-order chi connectivity index (χ1) is 5.81. The topological polar surface area (TPSA) is 27.7 Å². The molecular formula is C10H18O3. The first kappa shape index (κ1) is 9.44. The molecule has 0 aromatic heterocycles. The highest BCUT2D eigenvalue weighted by Crippen LogP contribution is 2.59. The zero-order valence-electron chi connectivity index (χ0n) is 9.01. The van der Waals surface area contributed by atoms with E-state index in [0.29, 0.717) is 6.61 Å². The van der Waals surface area contributed by atoms with Gasteiger partial charge in [-0.25, -0.2) is 9.78 Å². The van der Waals surface area contributed by atoms with Crippen LogP contribution in [0.2, 0.25) is 0 Å². The summed E-state index contributed by atoms with van der Waals surface area (Å²) in [4.78, 5) is 10.4. The lowest BCUT2D eigenvalue weighted by Gasteiger charge is -2.55. The second-order valence-corrected chi connectivity index (χ2v) is 5.69. The van der Waals surface area contributed by atoms with E-state index in [1.54, 1.807) is 0 Å². The second-order valence-electron chi connectivity index (χ2n) is 5.69. The predicted octanol–water partition coefficient (Wildman–Crippen LogP) is 2.12. The molecule has 0 N–H and O–H groups in total. The van der Waals surface area contributed by atoms with E-state index in [2.05, 4.69) is 34.6 Å². The molecule has 3 nitrogen and oxygen atoms in total. The Hall–Kier alpha value is -0.120. The summed E-state index contributed by atoms with van der Waals surface area (Å²) in [5, 5.41) is 0. The van der Waals surface area contributed by atoms with E-state index in [0.717, 1.165) is 0 Å². The number of hydrogen-bond acceptors (Lipinski definition) is 3. The fourth-order valence-electron chi connectivity index (χ4n) is 2.65. The smallest absolute Gasteiger partial charge is 0.225 e. The second kappa shape index (κ2) is 2.27. The van der Waals surface area contributed by atoms with Crippen LogP contribution in [0.1, 0.15) is 34.6 Å². The van der Waals surface area contributed by atoms with Crippen LogP contribution in [0.4, 0.5) is 0 Å². The average Bonchev–Trinajstić information content (AvgIpc) is 1.95. The zero-order valence-corrected chi connectivity index (χ0v) is 9.01. The molecule has 2 saturated heterocycles. The lowest BCUT2D eigenvalue weighted by molar-refractivity contribution is -0.568. The minimum Gasteiger partial charge on any atom is -0.347 e. The Morgan fingerprint density at radius 1 is 1.23 bits per heavy atom. The molecule has 13 heavy (non-hydrogen) atoms. The maximum atomic E-state index is 5.55. The molecule has 76 valence electrons. The van der Waals surface area contributed by atoms with Crippen molar-refractivity contribution in [2.24, 2.45) is 10.8 Å². The molecular weight excluding hydrogens is 168 g/mol. The van der Waals surface area contributed by atoms with Gasteiger partial charge in [-0.3, -0.25) is 0 Å². The summed E-state index contributed by atoms with van der Waals surface area (Å²) >= 11 is 0. The van der Waals surface area contributed by atoms with Crippen molar-refractivity contribution in [2.45, 2.75) is 46.5 Å². The van der Waals surface area contributed by atoms with Gasteiger partial charge in [0.15, 0.2) is 5.60 Å².